The molecule has 1 N–H and O–H groups in total. The van der Waals surface area contributed by atoms with Crippen LogP contribution in [0.15, 0.2) is 41.4 Å². The molecule has 3 heterocycles. The van der Waals surface area contributed by atoms with E-state index in [1.165, 1.54) is 34.9 Å². The molecule has 0 atom stereocenters. The van der Waals surface area contributed by atoms with Crippen LogP contribution >= 0.6 is 11.8 Å². The summed E-state index contributed by atoms with van der Waals surface area (Å²) in [6, 6.07) is 7.38. The molecule has 170 valence electrons. The molecule has 0 aliphatic carbocycles. The fourth-order valence-electron chi connectivity index (χ4n) is 2.95. The monoisotopic (exact) mass is 474 g/mol. The smallest absolute Gasteiger partial charge is 0.387 e. The highest BCUT2D eigenvalue weighted by Gasteiger charge is 2.34. The van der Waals surface area contributed by atoms with Crippen LogP contribution in [0.3, 0.4) is 0 Å². The minimum absolute atomic E-state index is 0.00573. The van der Waals surface area contributed by atoms with Crippen LogP contribution in [-0.2, 0) is 4.79 Å². The van der Waals surface area contributed by atoms with Crippen LogP contribution in [0, 0.1) is 6.92 Å². The Balaban J connectivity index is 1.35. The van der Waals surface area contributed by atoms with E-state index in [1.54, 1.807) is 19.2 Å². The van der Waals surface area contributed by atoms with Crippen molar-refractivity contribution in [1.29, 1.82) is 0 Å². The molecule has 3 aromatic rings. The fraction of sp³-hybridized carbons (Fsp3) is 0.200. The van der Waals surface area contributed by atoms with Gasteiger partial charge in [-0.3, -0.25) is 19.3 Å². The van der Waals surface area contributed by atoms with Crippen LogP contribution in [0.2, 0.25) is 0 Å². The summed E-state index contributed by atoms with van der Waals surface area (Å²) < 4.78 is 30.2. The van der Waals surface area contributed by atoms with E-state index in [2.05, 4.69) is 25.1 Å². The van der Waals surface area contributed by atoms with Crippen molar-refractivity contribution in [2.75, 3.05) is 13.1 Å². The Labute approximate surface area is 189 Å². The van der Waals surface area contributed by atoms with Gasteiger partial charge in [0.05, 0.1) is 4.91 Å². The maximum absolute atomic E-state index is 12.6. The van der Waals surface area contributed by atoms with E-state index in [4.69, 9.17) is 0 Å². The van der Waals surface area contributed by atoms with Crippen LogP contribution in [0.25, 0.3) is 11.9 Å². The summed E-state index contributed by atoms with van der Waals surface area (Å²) in [6.45, 7) is -1.17. The number of halogens is 2. The SMILES string of the molecule is Cc1ccnc2nc(C(=O)NCCN3C(=O)S/C(=C\c4ccc(OC(F)F)cc4)C3=O)nn12. The summed E-state index contributed by atoms with van der Waals surface area (Å²) in [4.78, 5) is 46.4. The van der Waals surface area contributed by atoms with E-state index in [-0.39, 0.29) is 35.3 Å². The molecule has 1 saturated heterocycles. The normalized spacial score (nSPS) is 15.2. The van der Waals surface area contributed by atoms with E-state index in [0.717, 1.165) is 22.4 Å². The number of fused-ring (bicyclic) bond motifs is 1. The highest BCUT2D eigenvalue weighted by Crippen LogP contribution is 2.32. The fourth-order valence-corrected chi connectivity index (χ4v) is 3.82. The van der Waals surface area contributed by atoms with Gasteiger partial charge in [0.15, 0.2) is 0 Å². The zero-order chi connectivity index (χ0) is 23.5. The van der Waals surface area contributed by atoms with Gasteiger partial charge in [-0.2, -0.15) is 13.8 Å². The number of amides is 3. The lowest BCUT2D eigenvalue weighted by Crippen LogP contribution is -2.37. The second-order valence-electron chi connectivity index (χ2n) is 6.77. The number of nitrogens with one attached hydrogen (secondary N) is 1. The number of imide groups is 1. The maximum Gasteiger partial charge on any atom is 0.387 e. The number of benzene rings is 1. The molecule has 0 radical (unpaired) electrons. The van der Waals surface area contributed by atoms with E-state index in [1.807, 2.05) is 0 Å². The molecular weight excluding hydrogens is 458 g/mol. The van der Waals surface area contributed by atoms with Crippen molar-refractivity contribution in [3.05, 3.63) is 58.5 Å². The number of ether oxygens (including phenoxy) is 1. The molecule has 1 fully saturated rings. The van der Waals surface area contributed by atoms with Gasteiger partial charge in [0, 0.05) is 25.0 Å². The van der Waals surface area contributed by atoms with E-state index in [0.29, 0.717) is 5.56 Å². The summed E-state index contributed by atoms with van der Waals surface area (Å²) in [5, 5.41) is 6.19. The zero-order valence-corrected chi connectivity index (χ0v) is 17.9. The Bertz CT molecular complexity index is 1260. The standard InChI is InChI=1S/C20H16F2N6O4S/c1-11-6-7-24-19-25-15(26-28(11)19)16(29)23-8-9-27-17(30)14(33-20(27)31)10-12-2-4-13(5-3-12)32-18(21)22/h2-7,10,18H,8-9H2,1H3,(H,23,29)/b14-10-. The Morgan fingerprint density at radius 1 is 1.24 bits per heavy atom. The van der Waals surface area contributed by atoms with Gasteiger partial charge in [0.1, 0.15) is 5.75 Å². The van der Waals surface area contributed by atoms with Crippen molar-refractivity contribution in [3.8, 4) is 5.75 Å². The Morgan fingerprint density at radius 2 is 2.00 bits per heavy atom. The number of rotatable bonds is 7. The number of carbonyl (C=O) groups is 3. The predicted octanol–water partition coefficient (Wildman–Crippen LogP) is 2.50. The third-order valence-electron chi connectivity index (χ3n) is 4.53. The maximum atomic E-state index is 12.6. The molecule has 0 bridgehead atoms. The van der Waals surface area contributed by atoms with Crippen molar-refractivity contribution < 1.29 is 27.9 Å². The van der Waals surface area contributed by atoms with E-state index in [9.17, 15) is 23.2 Å². The number of alkyl halides is 2. The molecule has 2 aromatic heterocycles. The molecule has 0 saturated carbocycles. The van der Waals surface area contributed by atoms with Crippen molar-refractivity contribution in [2.45, 2.75) is 13.5 Å². The second kappa shape index (κ2) is 9.32. The van der Waals surface area contributed by atoms with Crippen LogP contribution in [0.5, 0.6) is 5.75 Å². The van der Waals surface area contributed by atoms with Crippen LogP contribution in [0.1, 0.15) is 21.9 Å². The summed E-state index contributed by atoms with van der Waals surface area (Å²) in [7, 11) is 0. The molecule has 13 heteroatoms. The first-order valence-electron chi connectivity index (χ1n) is 9.58. The molecule has 0 spiro atoms. The summed E-state index contributed by atoms with van der Waals surface area (Å²) in [5.74, 6) is -0.890. The van der Waals surface area contributed by atoms with Crippen LogP contribution in [0.4, 0.5) is 13.6 Å². The number of hydrogen-bond acceptors (Lipinski definition) is 8. The first-order chi connectivity index (χ1) is 15.8. The molecule has 3 amide bonds. The van der Waals surface area contributed by atoms with Gasteiger partial charge in [-0.15, -0.1) is 5.10 Å². The number of aromatic nitrogens is 4. The largest absolute Gasteiger partial charge is 0.435 e. The molecular formula is C20H16F2N6O4S. The topological polar surface area (TPSA) is 119 Å². The molecule has 33 heavy (non-hydrogen) atoms. The zero-order valence-electron chi connectivity index (χ0n) is 17.1. The lowest BCUT2D eigenvalue weighted by molar-refractivity contribution is -0.122. The molecule has 1 aliphatic heterocycles. The molecule has 0 unspecified atom stereocenters. The molecule has 10 nitrogen and oxygen atoms in total. The first kappa shape index (κ1) is 22.3. The minimum atomic E-state index is -2.93. The Hall–Kier alpha value is -3.87. The van der Waals surface area contributed by atoms with Crippen molar-refractivity contribution in [2.24, 2.45) is 0 Å². The summed E-state index contributed by atoms with van der Waals surface area (Å²) >= 11 is 0.750. The highest BCUT2D eigenvalue weighted by molar-refractivity contribution is 8.18. The molecule has 1 aliphatic rings. The minimum Gasteiger partial charge on any atom is -0.435 e. The quantitative estimate of drug-likeness (QED) is 0.519. The van der Waals surface area contributed by atoms with Crippen molar-refractivity contribution in [3.63, 3.8) is 0 Å². The first-order valence-corrected chi connectivity index (χ1v) is 10.4. The average molecular weight is 474 g/mol. The number of aryl methyl sites for hydroxylation is 1. The summed E-state index contributed by atoms with van der Waals surface area (Å²) in [6.07, 6.45) is 3.03. The average Bonchev–Trinajstić information content (AvgIpc) is 3.32. The third kappa shape index (κ3) is 4.98. The van der Waals surface area contributed by atoms with Gasteiger partial charge >= 0.3 is 6.61 Å². The van der Waals surface area contributed by atoms with Crippen LogP contribution < -0.4 is 10.1 Å². The van der Waals surface area contributed by atoms with E-state index < -0.39 is 23.7 Å². The molecule has 1 aromatic carbocycles. The van der Waals surface area contributed by atoms with Gasteiger partial charge in [-0.05, 0) is 48.5 Å². The lowest BCUT2D eigenvalue weighted by atomic mass is 10.2. The van der Waals surface area contributed by atoms with Gasteiger partial charge in [0.2, 0.25) is 5.82 Å². The third-order valence-corrected chi connectivity index (χ3v) is 5.44. The molecule has 4 rings (SSSR count). The van der Waals surface area contributed by atoms with Crippen LogP contribution in [-0.4, -0.2) is 61.2 Å². The van der Waals surface area contributed by atoms with Gasteiger partial charge in [-0.25, -0.2) is 9.50 Å². The summed E-state index contributed by atoms with van der Waals surface area (Å²) in [5.41, 5.74) is 1.30. The number of carbonyl (C=O) groups excluding carboxylic acids is 3. The lowest BCUT2D eigenvalue weighted by Gasteiger charge is -2.12. The Kier molecular flexibility index (Phi) is 6.31. The van der Waals surface area contributed by atoms with E-state index >= 15 is 0 Å². The number of hydrogen-bond donors (Lipinski definition) is 1. The number of thioether (sulfide) groups is 1. The highest BCUT2D eigenvalue weighted by atomic mass is 32.2. The van der Waals surface area contributed by atoms with Crippen molar-refractivity contribution >= 4 is 40.7 Å². The predicted molar refractivity (Wildman–Crippen MR) is 114 cm³/mol. The number of nitrogens with zero attached hydrogens (tertiary/aromatic N) is 5. The van der Waals surface area contributed by atoms with Crippen molar-refractivity contribution in [1.82, 2.24) is 29.8 Å². The van der Waals surface area contributed by atoms with Gasteiger partial charge in [0.25, 0.3) is 22.8 Å². The van der Waals surface area contributed by atoms with Gasteiger partial charge < -0.3 is 10.1 Å². The Morgan fingerprint density at radius 3 is 2.70 bits per heavy atom. The second-order valence-corrected chi connectivity index (χ2v) is 7.76. The van der Waals surface area contributed by atoms with Gasteiger partial charge in [-0.1, -0.05) is 12.1 Å².